The number of ether oxygens (including phenoxy) is 2. The van der Waals surface area contributed by atoms with Crippen LogP contribution in [0.4, 0.5) is 0 Å². The summed E-state index contributed by atoms with van der Waals surface area (Å²) in [6.07, 6.45) is 0.158. The number of amides is 1. The summed E-state index contributed by atoms with van der Waals surface area (Å²) in [7, 11) is 3.35. The van der Waals surface area contributed by atoms with E-state index in [0.717, 1.165) is 33.2 Å². The topological polar surface area (TPSA) is 55.8 Å². The molecule has 0 aliphatic heterocycles. The summed E-state index contributed by atoms with van der Waals surface area (Å²) in [5.74, 6) is 0.164. The normalized spacial score (nSPS) is 10.6. The van der Waals surface area contributed by atoms with Gasteiger partial charge in [-0.15, -0.1) is 0 Å². The molecule has 0 atom stereocenters. The third-order valence-corrected chi connectivity index (χ3v) is 4.78. The van der Waals surface area contributed by atoms with Crippen LogP contribution >= 0.6 is 0 Å². The predicted octanol–water partition coefficient (Wildman–Crippen LogP) is 3.90. The van der Waals surface area contributed by atoms with Crippen molar-refractivity contribution in [1.29, 1.82) is 0 Å². The Hall–Kier alpha value is -3.34. The third kappa shape index (κ3) is 5.57. The maximum atomic E-state index is 12.3. The standard InChI is InChI=1S/C24H25NO4/c1-17-4-6-18(7-5-17)13-24(27)29-16-23(26)25(2)15-19-8-9-21-14-22(28-3)11-10-20(21)12-19/h4-12,14H,13,15-16H2,1-3H3. The molecule has 3 aromatic carbocycles. The average Bonchev–Trinajstić information content (AvgIpc) is 2.73. The van der Waals surface area contributed by atoms with Crippen molar-refractivity contribution in [2.75, 3.05) is 20.8 Å². The Balaban J connectivity index is 1.52. The first-order chi connectivity index (χ1) is 13.9. The van der Waals surface area contributed by atoms with E-state index in [-0.39, 0.29) is 18.9 Å². The minimum absolute atomic E-state index is 0.158. The number of aryl methyl sites for hydroxylation is 1. The number of benzene rings is 3. The highest BCUT2D eigenvalue weighted by Gasteiger charge is 2.13. The van der Waals surface area contributed by atoms with E-state index in [1.165, 1.54) is 0 Å². The number of carbonyl (C=O) groups excluding carboxylic acids is 2. The van der Waals surface area contributed by atoms with E-state index in [0.29, 0.717) is 6.54 Å². The van der Waals surface area contributed by atoms with Crippen molar-refractivity contribution in [3.05, 3.63) is 77.4 Å². The second-order valence-electron chi connectivity index (χ2n) is 7.12. The number of esters is 1. The third-order valence-electron chi connectivity index (χ3n) is 4.78. The van der Waals surface area contributed by atoms with Gasteiger partial charge in [-0.05, 0) is 47.0 Å². The molecular weight excluding hydrogens is 366 g/mol. The molecule has 5 heteroatoms. The molecule has 0 fully saturated rings. The number of hydrogen-bond donors (Lipinski definition) is 0. The highest BCUT2D eigenvalue weighted by Crippen LogP contribution is 2.22. The SMILES string of the molecule is COc1ccc2cc(CN(C)C(=O)COC(=O)Cc3ccc(C)cc3)ccc2c1. The lowest BCUT2D eigenvalue weighted by Crippen LogP contribution is -2.31. The Morgan fingerprint density at radius 1 is 0.897 bits per heavy atom. The molecule has 0 heterocycles. The van der Waals surface area contributed by atoms with E-state index in [1.54, 1.807) is 19.1 Å². The van der Waals surface area contributed by atoms with Gasteiger partial charge in [0.2, 0.25) is 0 Å². The van der Waals surface area contributed by atoms with Crippen LogP contribution < -0.4 is 4.74 Å². The molecule has 0 aliphatic rings. The van der Waals surface area contributed by atoms with Gasteiger partial charge >= 0.3 is 5.97 Å². The molecule has 0 aliphatic carbocycles. The van der Waals surface area contributed by atoms with Crippen LogP contribution in [0.5, 0.6) is 5.75 Å². The molecule has 0 N–H and O–H groups in total. The highest BCUT2D eigenvalue weighted by molar-refractivity contribution is 5.85. The van der Waals surface area contributed by atoms with Crippen molar-refractivity contribution in [2.45, 2.75) is 19.9 Å². The quantitative estimate of drug-likeness (QED) is 0.573. The van der Waals surface area contributed by atoms with Gasteiger partial charge in [0.25, 0.3) is 5.91 Å². The zero-order valence-corrected chi connectivity index (χ0v) is 17.0. The molecule has 0 spiro atoms. The molecule has 0 unspecified atom stereocenters. The van der Waals surface area contributed by atoms with E-state index in [9.17, 15) is 9.59 Å². The minimum Gasteiger partial charge on any atom is -0.497 e. The number of fused-ring (bicyclic) bond motifs is 1. The first kappa shape index (κ1) is 20.4. The molecule has 150 valence electrons. The Labute approximate surface area is 170 Å². The van der Waals surface area contributed by atoms with Gasteiger partial charge < -0.3 is 14.4 Å². The molecule has 0 bridgehead atoms. The molecular formula is C24H25NO4. The zero-order chi connectivity index (χ0) is 20.8. The number of hydrogen-bond acceptors (Lipinski definition) is 4. The number of methoxy groups -OCH3 is 1. The summed E-state index contributed by atoms with van der Waals surface area (Å²) in [6, 6.07) is 19.6. The summed E-state index contributed by atoms with van der Waals surface area (Å²) in [4.78, 5) is 25.9. The molecule has 1 amide bonds. The number of rotatable bonds is 7. The van der Waals surface area contributed by atoms with Crippen molar-refractivity contribution >= 4 is 22.6 Å². The van der Waals surface area contributed by atoms with Gasteiger partial charge in [-0.3, -0.25) is 9.59 Å². The van der Waals surface area contributed by atoms with E-state index in [1.807, 2.05) is 67.6 Å². The second-order valence-corrected chi connectivity index (χ2v) is 7.12. The Morgan fingerprint density at radius 2 is 1.55 bits per heavy atom. The highest BCUT2D eigenvalue weighted by atomic mass is 16.5. The molecule has 0 saturated heterocycles. The summed E-state index contributed by atoms with van der Waals surface area (Å²) in [6.45, 7) is 2.17. The van der Waals surface area contributed by atoms with Gasteiger partial charge in [-0.1, -0.05) is 48.0 Å². The van der Waals surface area contributed by atoms with E-state index < -0.39 is 5.97 Å². The van der Waals surface area contributed by atoms with Gasteiger partial charge in [0.1, 0.15) is 5.75 Å². The maximum Gasteiger partial charge on any atom is 0.310 e. The summed E-state index contributed by atoms with van der Waals surface area (Å²) >= 11 is 0. The van der Waals surface area contributed by atoms with Crippen LogP contribution in [0.2, 0.25) is 0 Å². The Bertz CT molecular complexity index is 1010. The van der Waals surface area contributed by atoms with Crippen LogP contribution in [0.1, 0.15) is 16.7 Å². The van der Waals surface area contributed by atoms with Crippen molar-refractivity contribution in [1.82, 2.24) is 4.90 Å². The van der Waals surface area contributed by atoms with Crippen LogP contribution in [-0.2, 0) is 27.3 Å². The average molecular weight is 391 g/mol. The first-order valence-electron chi connectivity index (χ1n) is 9.46. The second kappa shape index (κ2) is 9.24. The van der Waals surface area contributed by atoms with Gasteiger partial charge in [-0.2, -0.15) is 0 Å². The largest absolute Gasteiger partial charge is 0.497 e. The number of nitrogens with zero attached hydrogens (tertiary/aromatic N) is 1. The first-order valence-corrected chi connectivity index (χ1v) is 9.46. The van der Waals surface area contributed by atoms with Gasteiger partial charge in [0, 0.05) is 13.6 Å². The molecule has 3 aromatic rings. The Kier molecular flexibility index (Phi) is 6.50. The Morgan fingerprint density at radius 3 is 2.28 bits per heavy atom. The fraction of sp³-hybridized carbons (Fsp3) is 0.250. The number of likely N-dealkylation sites (N-methyl/N-ethyl adjacent to an activating group) is 1. The molecule has 29 heavy (non-hydrogen) atoms. The van der Waals surface area contributed by atoms with Crippen LogP contribution in [0.15, 0.2) is 60.7 Å². The van der Waals surface area contributed by atoms with Crippen molar-refractivity contribution in [2.24, 2.45) is 0 Å². The summed E-state index contributed by atoms with van der Waals surface area (Å²) < 4.78 is 10.4. The minimum atomic E-state index is -0.407. The lowest BCUT2D eigenvalue weighted by atomic mass is 10.1. The fourth-order valence-corrected chi connectivity index (χ4v) is 3.04. The van der Waals surface area contributed by atoms with Crippen LogP contribution in [0, 0.1) is 6.92 Å². The van der Waals surface area contributed by atoms with E-state index >= 15 is 0 Å². The molecule has 0 saturated carbocycles. The molecule has 3 rings (SSSR count). The van der Waals surface area contributed by atoms with Crippen molar-refractivity contribution in [3.63, 3.8) is 0 Å². The zero-order valence-electron chi connectivity index (χ0n) is 17.0. The number of carbonyl (C=O) groups is 2. The van der Waals surface area contributed by atoms with E-state index in [4.69, 9.17) is 9.47 Å². The van der Waals surface area contributed by atoms with Crippen molar-refractivity contribution < 1.29 is 19.1 Å². The van der Waals surface area contributed by atoms with Crippen LogP contribution in [0.25, 0.3) is 10.8 Å². The monoisotopic (exact) mass is 391 g/mol. The predicted molar refractivity (Wildman–Crippen MR) is 113 cm³/mol. The van der Waals surface area contributed by atoms with Crippen molar-refractivity contribution in [3.8, 4) is 5.75 Å². The van der Waals surface area contributed by atoms with Crippen LogP contribution in [0.3, 0.4) is 0 Å². The molecule has 0 radical (unpaired) electrons. The lowest BCUT2D eigenvalue weighted by Gasteiger charge is -2.17. The lowest BCUT2D eigenvalue weighted by molar-refractivity contribution is -0.151. The van der Waals surface area contributed by atoms with Gasteiger partial charge in [0.15, 0.2) is 6.61 Å². The van der Waals surface area contributed by atoms with Gasteiger partial charge in [0.05, 0.1) is 13.5 Å². The summed E-state index contributed by atoms with van der Waals surface area (Å²) in [5.41, 5.74) is 3.01. The van der Waals surface area contributed by atoms with E-state index in [2.05, 4.69) is 0 Å². The smallest absolute Gasteiger partial charge is 0.310 e. The molecule has 0 aromatic heterocycles. The van der Waals surface area contributed by atoms with Gasteiger partial charge in [-0.25, -0.2) is 0 Å². The maximum absolute atomic E-state index is 12.3. The van der Waals surface area contributed by atoms with Crippen LogP contribution in [-0.4, -0.2) is 37.5 Å². The fourth-order valence-electron chi connectivity index (χ4n) is 3.04. The summed E-state index contributed by atoms with van der Waals surface area (Å²) in [5, 5.41) is 2.15. The molecule has 5 nitrogen and oxygen atoms in total.